The zero-order chi connectivity index (χ0) is 10.8. The first-order valence-electron chi connectivity index (χ1n) is 4.98. The maximum absolute atomic E-state index is 6.13. The number of hydrogen-bond acceptors (Lipinski definition) is 1. The van der Waals surface area contributed by atoms with Gasteiger partial charge in [0.05, 0.1) is 0 Å². The molecule has 0 saturated heterocycles. The Kier molecular flexibility index (Phi) is 3.27. The predicted octanol–water partition coefficient (Wildman–Crippen LogP) is 4.22. The largest absolute Gasteiger partial charge is 0.344 e. The molecule has 0 spiro atoms. The van der Waals surface area contributed by atoms with Crippen LogP contribution in [0, 0.1) is 0 Å². The zero-order valence-corrected chi connectivity index (χ0v) is 10.5. The highest BCUT2D eigenvalue weighted by Crippen LogP contribution is 2.27. The lowest BCUT2D eigenvalue weighted by molar-refractivity contribution is 0.633. The van der Waals surface area contributed by atoms with Gasteiger partial charge in [-0.1, -0.05) is 17.7 Å². The van der Waals surface area contributed by atoms with Gasteiger partial charge in [-0.2, -0.15) is 11.8 Å². The third kappa shape index (κ3) is 2.01. The summed E-state index contributed by atoms with van der Waals surface area (Å²) in [6, 6.07) is 8.67. The predicted molar refractivity (Wildman–Crippen MR) is 70.0 cm³/mol. The number of nitrogens with zero attached hydrogens (tertiary/aromatic N) is 1. The van der Waals surface area contributed by atoms with Crippen LogP contribution in [0.4, 0.5) is 0 Å². The highest BCUT2D eigenvalue weighted by atomic mass is 35.5. The maximum atomic E-state index is 6.13. The molecule has 0 saturated carbocycles. The molecule has 1 aromatic carbocycles. The third-order valence-corrected chi connectivity index (χ3v) is 3.74. The van der Waals surface area contributed by atoms with Crippen LogP contribution in [-0.4, -0.2) is 16.6 Å². The first kappa shape index (κ1) is 10.9. The Morgan fingerprint density at radius 3 is 2.93 bits per heavy atom. The Morgan fingerprint density at radius 2 is 2.20 bits per heavy atom. The molecular formula is C12H14ClNS. The Balaban J connectivity index is 2.49. The van der Waals surface area contributed by atoms with E-state index in [0.717, 1.165) is 16.2 Å². The molecule has 0 aliphatic rings. The molecule has 1 aromatic heterocycles. The van der Waals surface area contributed by atoms with Crippen LogP contribution in [0.2, 0.25) is 5.02 Å². The molecule has 1 nitrogen and oxygen atoms in total. The van der Waals surface area contributed by atoms with E-state index in [9.17, 15) is 0 Å². The second-order valence-corrected chi connectivity index (χ2v) is 5.02. The number of fused-ring (bicyclic) bond motifs is 1. The van der Waals surface area contributed by atoms with Gasteiger partial charge in [0.2, 0.25) is 0 Å². The lowest BCUT2D eigenvalue weighted by atomic mass is 10.2. The van der Waals surface area contributed by atoms with E-state index in [1.807, 2.05) is 23.9 Å². The molecule has 2 rings (SSSR count). The fraction of sp³-hybridized carbons (Fsp3) is 0.333. The summed E-state index contributed by atoms with van der Waals surface area (Å²) >= 11 is 8.00. The monoisotopic (exact) mass is 239 g/mol. The quantitative estimate of drug-likeness (QED) is 0.777. The van der Waals surface area contributed by atoms with Gasteiger partial charge < -0.3 is 4.57 Å². The van der Waals surface area contributed by atoms with Crippen molar-refractivity contribution in [2.24, 2.45) is 0 Å². The maximum Gasteiger partial charge on any atom is 0.0499 e. The Labute approximate surface area is 99.4 Å². The zero-order valence-electron chi connectivity index (χ0n) is 8.90. The van der Waals surface area contributed by atoms with Crippen molar-refractivity contribution in [3.8, 4) is 0 Å². The SMILES string of the molecule is CSC[C@H](C)n1ccc2c(Cl)cccc21. The summed E-state index contributed by atoms with van der Waals surface area (Å²) in [5.41, 5.74) is 1.23. The average molecular weight is 240 g/mol. The molecule has 2 aromatic rings. The summed E-state index contributed by atoms with van der Waals surface area (Å²) < 4.78 is 2.29. The summed E-state index contributed by atoms with van der Waals surface area (Å²) in [5, 5.41) is 1.98. The average Bonchev–Trinajstić information content (AvgIpc) is 2.63. The highest BCUT2D eigenvalue weighted by Gasteiger charge is 2.08. The first-order valence-corrected chi connectivity index (χ1v) is 6.75. The minimum absolute atomic E-state index is 0.510. The summed E-state index contributed by atoms with van der Waals surface area (Å²) in [7, 11) is 0. The van der Waals surface area contributed by atoms with Gasteiger partial charge in [0, 0.05) is 33.9 Å². The lowest BCUT2D eigenvalue weighted by Crippen LogP contribution is -2.05. The van der Waals surface area contributed by atoms with Crippen LogP contribution in [-0.2, 0) is 0 Å². The molecule has 0 unspecified atom stereocenters. The summed E-state index contributed by atoms with van der Waals surface area (Å²) in [4.78, 5) is 0. The fourth-order valence-corrected chi connectivity index (χ4v) is 2.73. The molecule has 80 valence electrons. The minimum atomic E-state index is 0.510. The molecule has 0 N–H and O–H groups in total. The van der Waals surface area contributed by atoms with Crippen molar-refractivity contribution in [3.63, 3.8) is 0 Å². The molecule has 0 fully saturated rings. The molecule has 15 heavy (non-hydrogen) atoms. The number of rotatable bonds is 3. The van der Waals surface area contributed by atoms with Crippen molar-refractivity contribution in [2.75, 3.05) is 12.0 Å². The second-order valence-electron chi connectivity index (χ2n) is 3.70. The van der Waals surface area contributed by atoms with Gasteiger partial charge in [0.15, 0.2) is 0 Å². The van der Waals surface area contributed by atoms with Gasteiger partial charge >= 0.3 is 0 Å². The van der Waals surface area contributed by atoms with Crippen molar-refractivity contribution >= 4 is 34.3 Å². The molecule has 0 aliphatic carbocycles. The molecule has 0 aliphatic heterocycles. The van der Waals surface area contributed by atoms with Crippen LogP contribution in [0.1, 0.15) is 13.0 Å². The van der Waals surface area contributed by atoms with E-state index in [0.29, 0.717) is 6.04 Å². The summed E-state index contributed by atoms with van der Waals surface area (Å²) in [6.07, 6.45) is 4.26. The van der Waals surface area contributed by atoms with Crippen LogP contribution in [0.5, 0.6) is 0 Å². The summed E-state index contributed by atoms with van der Waals surface area (Å²) in [6.45, 7) is 2.23. The van der Waals surface area contributed by atoms with E-state index in [1.54, 1.807) is 0 Å². The number of hydrogen-bond donors (Lipinski definition) is 0. The number of thioether (sulfide) groups is 1. The number of benzene rings is 1. The van der Waals surface area contributed by atoms with Crippen LogP contribution in [0.25, 0.3) is 10.9 Å². The molecular weight excluding hydrogens is 226 g/mol. The first-order chi connectivity index (χ1) is 7.24. The van der Waals surface area contributed by atoms with Crippen molar-refractivity contribution in [2.45, 2.75) is 13.0 Å². The molecule has 0 radical (unpaired) electrons. The molecule has 1 atom stereocenters. The Morgan fingerprint density at radius 1 is 1.40 bits per heavy atom. The smallest absolute Gasteiger partial charge is 0.0499 e. The fourth-order valence-electron chi connectivity index (χ4n) is 1.86. The lowest BCUT2D eigenvalue weighted by Gasteiger charge is -2.13. The van der Waals surface area contributed by atoms with E-state index >= 15 is 0 Å². The third-order valence-electron chi connectivity index (χ3n) is 2.59. The van der Waals surface area contributed by atoms with Gasteiger partial charge in [0.25, 0.3) is 0 Å². The number of aromatic nitrogens is 1. The van der Waals surface area contributed by atoms with E-state index < -0.39 is 0 Å². The van der Waals surface area contributed by atoms with Crippen LogP contribution < -0.4 is 0 Å². The molecule has 3 heteroatoms. The van der Waals surface area contributed by atoms with E-state index in [4.69, 9.17) is 11.6 Å². The van der Waals surface area contributed by atoms with Gasteiger partial charge in [-0.05, 0) is 31.4 Å². The van der Waals surface area contributed by atoms with Crippen molar-refractivity contribution in [1.29, 1.82) is 0 Å². The van der Waals surface area contributed by atoms with Crippen LogP contribution >= 0.6 is 23.4 Å². The van der Waals surface area contributed by atoms with Gasteiger partial charge in [0.1, 0.15) is 0 Å². The second kappa shape index (κ2) is 4.50. The van der Waals surface area contributed by atoms with Gasteiger partial charge in [-0.25, -0.2) is 0 Å². The summed E-state index contributed by atoms with van der Waals surface area (Å²) in [5.74, 6) is 1.12. The normalized spacial score (nSPS) is 13.3. The molecule has 1 heterocycles. The van der Waals surface area contributed by atoms with E-state index in [-0.39, 0.29) is 0 Å². The van der Waals surface area contributed by atoms with Gasteiger partial charge in [-0.15, -0.1) is 0 Å². The molecule has 0 amide bonds. The van der Waals surface area contributed by atoms with Crippen molar-refractivity contribution < 1.29 is 0 Å². The minimum Gasteiger partial charge on any atom is -0.344 e. The van der Waals surface area contributed by atoms with E-state index in [2.05, 4.69) is 36.1 Å². The Bertz CT molecular complexity index is 464. The van der Waals surface area contributed by atoms with Gasteiger partial charge in [-0.3, -0.25) is 0 Å². The molecule has 0 bridgehead atoms. The number of halogens is 1. The standard InChI is InChI=1S/C12H14ClNS/c1-9(8-15-2)14-7-6-10-11(13)4-3-5-12(10)14/h3-7,9H,8H2,1-2H3/t9-/m0/s1. The Hall–Kier alpha value is -0.600. The highest BCUT2D eigenvalue weighted by molar-refractivity contribution is 7.98. The van der Waals surface area contributed by atoms with Crippen molar-refractivity contribution in [1.82, 2.24) is 4.57 Å². The van der Waals surface area contributed by atoms with Crippen molar-refractivity contribution in [3.05, 3.63) is 35.5 Å². The topological polar surface area (TPSA) is 4.93 Å². The van der Waals surface area contributed by atoms with E-state index in [1.165, 1.54) is 5.52 Å². The van der Waals surface area contributed by atoms with Crippen LogP contribution in [0.3, 0.4) is 0 Å². The van der Waals surface area contributed by atoms with Crippen LogP contribution in [0.15, 0.2) is 30.5 Å².